The Balaban J connectivity index is 2.17. The molecule has 0 saturated carbocycles. The average molecular weight is 286 g/mol. The number of aromatic nitrogens is 1. The van der Waals surface area contributed by atoms with Gasteiger partial charge in [0, 0.05) is 23.7 Å². The standard InChI is InChI=1S/C16H18N2O3/c1-10-9-21-11(2)8-18(10)15-7-14(16(19)20)17-13-6-4-3-5-12(13)15/h3-7,10-11H,8-9H2,1-2H3,(H,19,20). The van der Waals surface area contributed by atoms with Crippen LogP contribution in [0.5, 0.6) is 0 Å². The molecule has 1 aliphatic heterocycles. The van der Waals surface area contributed by atoms with E-state index in [4.69, 9.17) is 4.74 Å². The summed E-state index contributed by atoms with van der Waals surface area (Å²) in [5.74, 6) is -1.00. The van der Waals surface area contributed by atoms with Crippen LogP contribution in [0.2, 0.25) is 0 Å². The lowest BCUT2D eigenvalue weighted by Gasteiger charge is -2.39. The number of carbonyl (C=O) groups is 1. The maximum Gasteiger partial charge on any atom is 0.354 e. The summed E-state index contributed by atoms with van der Waals surface area (Å²) < 4.78 is 5.66. The van der Waals surface area contributed by atoms with Crippen LogP contribution in [0.15, 0.2) is 30.3 Å². The second kappa shape index (κ2) is 5.33. The van der Waals surface area contributed by atoms with Gasteiger partial charge in [0.1, 0.15) is 0 Å². The number of nitrogens with zero attached hydrogens (tertiary/aromatic N) is 2. The van der Waals surface area contributed by atoms with Crippen molar-refractivity contribution in [3.63, 3.8) is 0 Å². The fraction of sp³-hybridized carbons (Fsp3) is 0.375. The molecule has 0 bridgehead atoms. The second-order valence-electron chi connectivity index (χ2n) is 5.49. The number of pyridine rings is 1. The Morgan fingerprint density at radius 2 is 2.14 bits per heavy atom. The van der Waals surface area contributed by atoms with Crippen LogP contribution in [0.1, 0.15) is 24.3 Å². The zero-order chi connectivity index (χ0) is 15.0. The molecule has 0 amide bonds. The second-order valence-corrected chi connectivity index (χ2v) is 5.49. The quantitative estimate of drug-likeness (QED) is 0.919. The van der Waals surface area contributed by atoms with Gasteiger partial charge in [-0.2, -0.15) is 0 Å². The van der Waals surface area contributed by atoms with E-state index in [9.17, 15) is 9.90 Å². The first-order valence-corrected chi connectivity index (χ1v) is 7.07. The molecular formula is C16H18N2O3. The molecule has 1 aromatic heterocycles. The van der Waals surface area contributed by atoms with E-state index in [1.807, 2.05) is 31.2 Å². The molecule has 0 radical (unpaired) electrons. The van der Waals surface area contributed by atoms with E-state index in [1.165, 1.54) is 0 Å². The fourth-order valence-corrected chi connectivity index (χ4v) is 2.74. The molecule has 2 unspecified atom stereocenters. The summed E-state index contributed by atoms with van der Waals surface area (Å²) in [5.41, 5.74) is 1.70. The average Bonchev–Trinajstić information content (AvgIpc) is 2.48. The molecule has 2 atom stereocenters. The summed E-state index contributed by atoms with van der Waals surface area (Å²) in [6.45, 7) is 5.50. The number of carboxylic acid groups (broad SMARTS) is 1. The Labute approximate surface area is 123 Å². The van der Waals surface area contributed by atoms with Crippen molar-refractivity contribution in [1.82, 2.24) is 4.98 Å². The molecule has 0 spiro atoms. The van der Waals surface area contributed by atoms with Gasteiger partial charge in [-0.25, -0.2) is 9.78 Å². The maximum atomic E-state index is 11.3. The van der Waals surface area contributed by atoms with Crippen LogP contribution in [0.25, 0.3) is 10.9 Å². The SMILES string of the molecule is CC1CN(c2cc(C(=O)O)nc3ccccc23)C(C)CO1. The number of anilines is 1. The van der Waals surface area contributed by atoms with E-state index >= 15 is 0 Å². The van der Waals surface area contributed by atoms with E-state index in [2.05, 4.69) is 16.8 Å². The van der Waals surface area contributed by atoms with Crippen molar-refractivity contribution in [1.29, 1.82) is 0 Å². The molecule has 21 heavy (non-hydrogen) atoms. The lowest BCUT2D eigenvalue weighted by Crippen LogP contribution is -2.47. The summed E-state index contributed by atoms with van der Waals surface area (Å²) in [5, 5.41) is 10.3. The van der Waals surface area contributed by atoms with Crippen LogP contribution in [-0.2, 0) is 4.74 Å². The first kappa shape index (κ1) is 13.8. The highest BCUT2D eigenvalue weighted by Crippen LogP contribution is 2.30. The number of hydrogen-bond acceptors (Lipinski definition) is 4. The summed E-state index contributed by atoms with van der Waals surface area (Å²) in [4.78, 5) is 17.7. The molecule has 3 rings (SSSR count). The normalized spacial score (nSPS) is 22.5. The molecule has 5 heteroatoms. The van der Waals surface area contributed by atoms with Gasteiger partial charge < -0.3 is 14.7 Å². The van der Waals surface area contributed by atoms with Gasteiger partial charge in [0.25, 0.3) is 0 Å². The Morgan fingerprint density at radius 3 is 2.90 bits per heavy atom. The summed E-state index contributed by atoms with van der Waals surface area (Å²) in [6.07, 6.45) is 0.126. The van der Waals surface area contributed by atoms with Gasteiger partial charge in [-0.05, 0) is 26.0 Å². The lowest BCUT2D eigenvalue weighted by atomic mass is 10.1. The smallest absolute Gasteiger partial charge is 0.354 e. The van der Waals surface area contributed by atoms with Gasteiger partial charge >= 0.3 is 5.97 Å². The first-order chi connectivity index (χ1) is 10.1. The molecule has 1 aliphatic rings. The minimum atomic E-state index is -1.00. The van der Waals surface area contributed by atoms with Crippen LogP contribution >= 0.6 is 0 Å². The number of rotatable bonds is 2. The summed E-state index contributed by atoms with van der Waals surface area (Å²) >= 11 is 0. The molecule has 2 heterocycles. The molecule has 5 nitrogen and oxygen atoms in total. The molecular weight excluding hydrogens is 268 g/mol. The Hall–Kier alpha value is -2.14. The zero-order valence-electron chi connectivity index (χ0n) is 12.1. The number of fused-ring (bicyclic) bond motifs is 1. The van der Waals surface area contributed by atoms with Crippen LogP contribution in [0, 0.1) is 0 Å². The summed E-state index contributed by atoms with van der Waals surface area (Å²) in [7, 11) is 0. The molecule has 2 aromatic rings. The first-order valence-electron chi connectivity index (χ1n) is 7.07. The topological polar surface area (TPSA) is 62.7 Å². The molecule has 1 N–H and O–H groups in total. The summed E-state index contributed by atoms with van der Waals surface area (Å²) in [6, 6.07) is 9.52. The third kappa shape index (κ3) is 2.56. The fourth-order valence-electron chi connectivity index (χ4n) is 2.74. The van der Waals surface area contributed by atoms with Crippen molar-refractivity contribution in [2.75, 3.05) is 18.1 Å². The van der Waals surface area contributed by atoms with Crippen molar-refractivity contribution < 1.29 is 14.6 Å². The van der Waals surface area contributed by atoms with E-state index in [0.29, 0.717) is 12.1 Å². The van der Waals surface area contributed by atoms with Crippen molar-refractivity contribution in [3.8, 4) is 0 Å². The molecule has 0 aliphatic carbocycles. The molecule has 1 saturated heterocycles. The lowest BCUT2D eigenvalue weighted by molar-refractivity contribution is 0.0345. The van der Waals surface area contributed by atoms with Crippen molar-refractivity contribution in [2.45, 2.75) is 26.0 Å². The monoisotopic (exact) mass is 286 g/mol. The Kier molecular flexibility index (Phi) is 3.51. The maximum absolute atomic E-state index is 11.3. The number of benzene rings is 1. The molecule has 1 aromatic carbocycles. The zero-order valence-corrected chi connectivity index (χ0v) is 12.1. The van der Waals surface area contributed by atoms with E-state index in [1.54, 1.807) is 6.07 Å². The Bertz CT molecular complexity index is 686. The predicted octanol–water partition coefficient (Wildman–Crippen LogP) is 2.55. The number of para-hydroxylation sites is 1. The van der Waals surface area contributed by atoms with Gasteiger partial charge in [-0.1, -0.05) is 18.2 Å². The van der Waals surface area contributed by atoms with Crippen molar-refractivity contribution in [3.05, 3.63) is 36.0 Å². The largest absolute Gasteiger partial charge is 0.477 e. The van der Waals surface area contributed by atoms with Crippen LogP contribution < -0.4 is 4.90 Å². The number of ether oxygens (including phenoxy) is 1. The third-order valence-corrected chi connectivity index (χ3v) is 3.83. The Morgan fingerprint density at radius 1 is 1.38 bits per heavy atom. The third-order valence-electron chi connectivity index (χ3n) is 3.83. The van der Waals surface area contributed by atoms with Crippen LogP contribution in [-0.4, -0.2) is 41.4 Å². The van der Waals surface area contributed by atoms with E-state index in [0.717, 1.165) is 17.6 Å². The van der Waals surface area contributed by atoms with Gasteiger partial charge in [0.15, 0.2) is 5.69 Å². The minimum Gasteiger partial charge on any atom is -0.477 e. The molecule has 1 fully saturated rings. The van der Waals surface area contributed by atoms with Gasteiger partial charge in [0.2, 0.25) is 0 Å². The highest BCUT2D eigenvalue weighted by atomic mass is 16.5. The number of hydrogen-bond donors (Lipinski definition) is 1. The van der Waals surface area contributed by atoms with Crippen LogP contribution in [0.3, 0.4) is 0 Å². The minimum absolute atomic E-state index is 0.0787. The highest BCUT2D eigenvalue weighted by Gasteiger charge is 2.26. The van der Waals surface area contributed by atoms with Gasteiger partial charge in [-0.15, -0.1) is 0 Å². The number of carboxylic acids is 1. The molecule has 110 valence electrons. The van der Waals surface area contributed by atoms with E-state index in [-0.39, 0.29) is 17.8 Å². The number of aromatic carboxylic acids is 1. The van der Waals surface area contributed by atoms with Gasteiger partial charge in [0.05, 0.1) is 18.2 Å². The predicted molar refractivity (Wildman–Crippen MR) is 80.9 cm³/mol. The van der Waals surface area contributed by atoms with Crippen LogP contribution in [0.4, 0.5) is 5.69 Å². The van der Waals surface area contributed by atoms with Crippen molar-refractivity contribution >= 4 is 22.6 Å². The van der Waals surface area contributed by atoms with Gasteiger partial charge in [-0.3, -0.25) is 0 Å². The highest BCUT2D eigenvalue weighted by molar-refractivity contribution is 5.97. The van der Waals surface area contributed by atoms with Crippen molar-refractivity contribution in [2.24, 2.45) is 0 Å². The number of morpholine rings is 1. The van der Waals surface area contributed by atoms with E-state index < -0.39 is 5.97 Å².